The van der Waals surface area contributed by atoms with Crippen LogP contribution in [0.2, 0.25) is 0 Å². The zero-order valence-electron chi connectivity index (χ0n) is 10.3. The van der Waals surface area contributed by atoms with Crippen molar-refractivity contribution in [2.45, 2.75) is 6.04 Å². The fourth-order valence-corrected chi connectivity index (χ4v) is 4.36. The molecule has 0 radical (unpaired) electrons. The molecule has 7 nitrogen and oxygen atoms in total. The second-order valence-electron chi connectivity index (χ2n) is 4.54. The van der Waals surface area contributed by atoms with Crippen LogP contribution in [-0.4, -0.2) is 84.0 Å². The highest BCUT2D eigenvalue weighted by Crippen LogP contribution is 2.19. The smallest absolute Gasteiger partial charge is 0.327 e. The van der Waals surface area contributed by atoms with Crippen molar-refractivity contribution in [3.63, 3.8) is 0 Å². The zero-order chi connectivity index (χ0) is 14.0. The summed E-state index contributed by atoms with van der Waals surface area (Å²) in [6.45, 7) is 0.692. The molecule has 0 bridgehead atoms. The molecule has 0 saturated carbocycles. The molecule has 2 aliphatic heterocycles. The van der Waals surface area contributed by atoms with Crippen LogP contribution in [0.4, 0.5) is 4.79 Å². The van der Waals surface area contributed by atoms with E-state index in [2.05, 4.69) is 0 Å². The number of carbonyl (C=O) groups excluding carboxylic acids is 1. The molecule has 2 amide bonds. The summed E-state index contributed by atoms with van der Waals surface area (Å²) in [6.07, 6.45) is 0. The van der Waals surface area contributed by atoms with Gasteiger partial charge in [0.05, 0.1) is 11.5 Å². The van der Waals surface area contributed by atoms with Crippen molar-refractivity contribution in [1.82, 2.24) is 9.80 Å². The van der Waals surface area contributed by atoms with Gasteiger partial charge in [0.1, 0.15) is 6.04 Å². The minimum absolute atomic E-state index is 0.0426. The lowest BCUT2D eigenvalue weighted by molar-refractivity contribution is -0.141. The molecule has 2 heterocycles. The molecule has 0 aromatic rings. The van der Waals surface area contributed by atoms with Crippen molar-refractivity contribution in [1.29, 1.82) is 0 Å². The maximum absolute atomic E-state index is 12.3. The fourth-order valence-electron chi connectivity index (χ4n) is 2.12. The Morgan fingerprint density at radius 3 is 2.37 bits per heavy atom. The molecule has 1 N–H and O–H groups in total. The van der Waals surface area contributed by atoms with Crippen molar-refractivity contribution >= 4 is 33.6 Å². The number of sulfone groups is 1. The molecule has 0 spiro atoms. The second-order valence-corrected chi connectivity index (χ2v) is 8.00. The highest BCUT2D eigenvalue weighted by atomic mass is 32.2. The molecule has 0 aromatic heterocycles. The van der Waals surface area contributed by atoms with Crippen molar-refractivity contribution in [3.8, 4) is 0 Å². The third kappa shape index (κ3) is 3.33. The van der Waals surface area contributed by atoms with E-state index in [1.165, 1.54) is 21.6 Å². The number of nitrogens with zero attached hydrogens (tertiary/aromatic N) is 2. The van der Waals surface area contributed by atoms with Gasteiger partial charge in [-0.1, -0.05) is 0 Å². The quantitative estimate of drug-likeness (QED) is 0.691. The van der Waals surface area contributed by atoms with Crippen LogP contribution in [0.1, 0.15) is 0 Å². The summed E-state index contributed by atoms with van der Waals surface area (Å²) < 4.78 is 22.6. The Hall–Kier alpha value is -0.960. The molecule has 9 heteroatoms. The molecule has 1 atom stereocenters. The summed E-state index contributed by atoms with van der Waals surface area (Å²) >= 11 is 1.51. The molecule has 1 unspecified atom stereocenters. The Morgan fingerprint density at radius 1 is 1.16 bits per heavy atom. The average molecular weight is 308 g/mol. The number of amides is 2. The Balaban J connectivity index is 2.04. The SMILES string of the molecule is O=C(O)C1CSCCN1C(=O)N1CCS(=O)(=O)CC1. The Morgan fingerprint density at radius 2 is 1.79 bits per heavy atom. The number of thioether (sulfide) groups is 1. The molecule has 0 aliphatic carbocycles. The molecule has 19 heavy (non-hydrogen) atoms. The molecule has 2 rings (SSSR count). The first kappa shape index (κ1) is 14.4. The van der Waals surface area contributed by atoms with E-state index in [-0.39, 0.29) is 30.6 Å². The summed E-state index contributed by atoms with van der Waals surface area (Å²) in [7, 11) is -3.04. The summed E-state index contributed by atoms with van der Waals surface area (Å²) in [5, 5.41) is 9.12. The van der Waals surface area contributed by atoms with Crippen molar-refractivity contribution in [2.24, 2.45) is 0 Å². The Bertz CT molecular complexity index is 464. The number of carboxylic acid groups (broad SMARTS) is 1. The molecule has 108 valence electrons. The lowest BCUT2D eigenvalue weighted by atomic mass is 10.3. The minimum Gasteiger partial charge on any atom is -0.480 e. The fraction of sp³-hybridized carbons (Fsp3) is 0.800. The van der Waals surface area contributed by atoms with Crippen LogP contribution in [0.3, 0.4) is 0 Å². The van der Waals surface area contributed by atoms with Gasteiger partial charge in [-0.3, -0.25) is 0 Å². The number of aliphatic carboxylic acids is 1. The van der Waals surface area contributed by atoms with Crippen LogP contribution >= 0.6 is 11.8 Å². The van der Waals surface area contributed by atoms with E-state index < -0.39 is 21.8 Å². The Labute approximate surface area is 115 Å². The number of rotatable bonds is 1. The zero-order valence-corrected chi connectivity index (χ0v) is 12.0. The molecule has 2 fully saturated rings. The summed E-state index contributed by atoms with van der Waals surface area (Å²) in [6, 6.07) is -1.17. The van der Waals surface area contributed by atoms with Crippen molar-refractivity contribution in [2.75, 3.05) is 42.6 Å². The number of carboxylic acids is 1. The molecule has 0 aromatic carbocycles. The number of urea groups is 1. The van der Waals surface area contributed by atoms with Crippen LogP contribution < -0.4 is 0 Å². The number of hydrogen-bond acceptors (Lipinski definition) is 5. The van der Waals surface area contributed by atoms with Gasteiger partial charge in [0.15, 0.2) is 9.84 Å². The molecule has 2 saturated heterocycles. The largest absolute Gasteiger partial charge is 0.480 e. The van der Waals surface area contributed by atoms with Crippen LogP contribution in [0.15, 0.2) is 0 Å². The van der Waals surface area contributed by atoms with E-state index in [1.54, 1.807) is 0 Å². The van der Waals surface area contributed by atoms with Crippen molar-refractivity contribution in [3.05, 3.63) is 0 Å². The van der Waals surface area contributed by atoms with Gasteiger partial charge < -0.3 is 14.9 Å². The maximum atomic E-state index is 12.3. The van der Waals surface area contributed by atoms with Gasteiger partial charge in [-0.2, -0.15) is 11.8 Å². The van der Waals surface area contributed by atoms with Crippen molar-refractivity contribution < 1.29 is 23.1 Å². The van der Waals surface area contributed by atoms with Crippen LogP contribution in [-0.2, 0) is 14.6 Å². The van der Waals surface area contributed by atoms with E-state index in [0.29, 0.717) is 18.1 Å². The van der Waals surface area contributed by atoms with E-state index in [1.807, 2.05) is 0 Å². The van der Waals surface area contributed by atoms with E-state index in [0.717, 1.165) is 0 Å². The predicted molar refractivity (Wildman–Crippen MR) is 71.1 cm³/mol. The van der Waals surface area contributed by atoms with E-state index in [4.69, 9.17) is 5.11 Å². The first-order chi connectivity index (χ1) is 8.91. The first-order valence-electron chi connectivity index (χ1n) is 5.97. The molecular weight excluding hydrogens is 292 g/mol. The van der Waals surface area contributed by atoms with Gasteiger partial charge in [0.2, 0.25) is 0 Å². The second kappa shape index (κ2) is 5.58. The lowest BCUT2D eigenvalue weighted by Crippen LogP contribution is -2.57. The highest BCUT2D eigenvalue weighted by molar-refractivity contribution is 7.99. The maximum Gasteiger partial charge on any atom is 0.327 e. The van der Waals surface area contributed by atoms with Gasteiger partial charge in [-0.15, -0.1) is 0 Å². The van der Waals surface area contributed by atoms with Gasteiger partial charge in [-0.05, 0) is 0 Å². The third-order valence-electron chi connectivity index (χ3n) is 3.27. The van der Waals surface area contributed by atoms with Gasteiger partial charge >= 0.3 is 12.0 Å². The van der Waals surface area contributed by atoms with E-state index in [9.17, 15) is 18.0 Å². The standard InChI is InChI=1S/C10H16N2O5S2/c13-9(14)8-7-18-4-1-12(8)10(15)11-2-5-19(16,17)6-3-11/h8H,1-7H2,(H,13,14). The van der Waals surface area contributed by atoms with E-state index >= 15 is 0 Å². The highest BCUT2D eigenvalue weighted by Gasteiger charge is 2.36. The molecule has 2 aliphatic rings. The number of carbonyl (C=O) groups is 2. The first-order valence-corrected chi connectivity index (χ1v) is 8.95. The summed E-state index contributed by atoms with van der Waals surface area (Å²) in [4.78, 5) is 26.2. The van der Waals surface area contributed by atoms with Gasteiger partial charge in [0, 0.05) is 31.1 Å². The van der Waals surface area contributed by atoms with Gasteiger partial charge in [-0.25, -0.2) is 18.0 Å². The number of hydrogen-bond donors (Lipinski definition) is 1. The van der Waals surface area contributed by atoms with Crippen LogP contribution in [0, 0.1) is 0 Å². The summed E-state index contributed by atoms with van der Waals surface area (Å²) in [5.74, 6) is -0.00214. The molecular formula is C10H16N2O5S2. The lowest BCUT2D eigenvalue weighted by Gasteiger charge is -2.37. The topological polar surface area (TPSA) is 95.0 Å². The normalized spacial score (nSPS) is 27.1. The predicted octanol–water partition coefficient (Wildman–Crippen LogP) is -0.661. The minimum atomic E-state index is -3.04. The van der Waals surface area contributed by atoms with Crippen LogP contribution in [0.25, 0.3) is 0 Å². The summed E-state index contributed by atoms with van der Waals surface area (Å²) in [5.41, 5.74) is 0. The third-order valence-corrected chi connectivity index (χ3v) is 5.91. The Kier molecular flexibility index (Phi) is 4.24. The average Bonchev–Trinajstić information content (AvgIpc) is 2.38. The van der Waals surface area contributed by atoms with Gasteiger partial charge in [0.25, 0.3) is 0 Å². The van der Waals surface area contributed by atoms with Crippen LogP contribution in [0.5, 0.6) is 0 Å². The monoisotopic (exact) mass is 308 g/mol.